The molecule has 202 valence electrons. The number of thioether (sulfide) groups is 1. The monoisotopic (exact) mass is 592 g/mol. The third kappa shape index (κ3) is 4.77. The number of nitriles is 1. The van der Waals surface area contributed by atoms with Crippen molar-refractivity contribution in [3.63, 3.8) is 0 Å². The van der Waals surface area contributed by atoms with E-state index in [4.69, 9.17) is 26.8 Å². The van der Waals surface area contributed by atoms with Crippen LogP contribution in [0.2, 0.25) is 5.02 Å². The Bertz CT molecular complexity index is 1650. The Kier molecular flexibility index (Phi) is 7.10. The summed E-state index contributed by atoms with van der Waals surface area (Å²) in [4.78, 5) is 27.5. The molecule has 1 aromatic heterocycles. The van der Waals surface area contributed by atoms with Crippen LogP contribution in [0.25, 0.3) is 0 Å². The molecule has 3 aliphatic rings. The second-order valence-corrected chi connectivity index (χ2v) is 11.7. The Morgan fingerprint density at radius 3 is 2.88 bits per heavy atom. The van der Waals surface area contributed by atoms with Crippen LogP contribution in [0.4, 0.5) is 10.8 Å². The molecule has 0 saturated carbocycles. The first kappa shape index (κ1) is 26.2. The van der Waals surface area contributed by atoms with Gasteiger partial charge in [-0.1, -0.05) is 52.9 Å². The third-order valence-corrected chi connectivity index (χ3v) is 9.09. The lowest BCUT2D eigenvalue weighted by Crippen LogP contribution is -2.38. The molecule has 3 aromatic rings. The fourth-order valence-corrected chi connectivity index (χ4v) is 6.90. The summed E-state index contributed by atoms with van der Waals surface area (Å²) in [5.41, 5.74) is 9.29. The zero-order valence-corrected chi connectivity index (χ0v) is 23.2. The van der Waals surface area contributed by atoms with Crippen LogP contribution in [0.3, 0.4) is 0 Å². The van der Waals surface area contributed by atoms with Gasteiger partial charge >= 0.3 is 0 Å². The van der Waals surface area contributed by atoms with E-state index in [2.05, 4.69) is 21.6 Å². The maximum atomic E-state index is 13.3. The number of nitrogens with zero attached hydrogens (tertiary/aromatic N) is 4. The van der Waals surface area contributed by atoms with E-state index in [1.54, 1.807) is 35.2 Å². The van der Waals surface area contributed by atoms with Gasteiger partial charge in [0.1, 0.15) is 5.82 Å². The number of fused-ring (bicyclic) bond motifs is 1. The molecule has 1 amide bonds. The van der Waals surface area contributed by atoms with Crippen LogP contribution < -0.4 is 25.4 Å². The van der Waals surface area contributed by atoms with Gasteiger partial charge in [0.2, 0.25) is 17.8 Å². The first-order valence-electron chi connectivity index (χ1n) is 12.3. The summed E-state index contributed by atoms with van der Waals surface area (Å²) in [5.74, 6) is 0.573. The summed E-state index contributed by atoms with van der Waals surface area (Å²) in [5, 5.41) is 22.4. The SMILES string of the molecule is N#CC1=C(N)N(c2nnc(SCC(=O)Nc3ccc4c(c3)OCO4)s2)C2=C(C(=O)CCC2)C1c1ccccc1Cl. The summed E-state index contributed by atoms with van der Waals surface area (Å²) in [6.45, 7) is 0.155. The van der Waals surface area contributed by atoms with Crippen molar-refractivity contribution in [2.24, 2.45) is 5.73 Å². The molecule has 2 aromatic carbocycles. The Morgan fingerprint density at radius 2 is 2.05 bits per heavy atom. The van der Waals surface area contributed by atoms with Gasteiger partial charge in [0.15, 0.2) is 21.6 Å². The molecule has 0 spiro atoms. The summed E-state index contributed by atoms with van der Waals surface area (Å²) in [6, 6.07) is 14.6. The standard InChI is InChI=1S/C27H21ClN6O4S2/c28-17-5-2-1-4-15(17)23-16(11-29)25(30)34(18-6-3-7-19(35)24(18)23)26-32-33-27(40-26)39-12-22(36)31-14-8-9-20-21(10-14)38-13-37-20/h1-2,4-5,8-10,23H,3,6-7,12-13,30H2,(H,31,36). The molecule has 1 unspecified atom stereocenters. The lowest BCUT2D eigenvalue weighted by molar-refractivity contribution is -0.116. The van der Waals surface area contributed by atoms with Crippen molar-refractivity contribution in [1.29, 1.82) is 5.26 Å². The quantitative estimate of drug-likeness (QED) is 0.377. The highest BCUT2D eigenvalue weighted by atomic mass is 35.5. The summed E-state index contributed by atoms with van der Waals surface area (Å²) in [7, 11) is 0. The summed E-state index contributed by atoms with van der Waals surface area (Å²) >= 11 is 8.97. The Balaban J connectivity index is 1.24. The average molecular weight is 593 g/mol. The average Bonchev–Trinajstić information content (AvgIpc) is 3.61. The Hall–Kier alpha value is -4.05. The van der Waals surface area contributed by atoms with Crippen LogP contribution >= 0.6 is 34.7 Å². The molecule has 1 atom stereocenters. The third-order valence-electron chi connectivity index (χ3n) is 6.70. The molecule has 2 aliphatic heterocycles. The van der Waals surface area contributed by atoms with Crippen LogP contribution in [0.5, 0.6) is 11.5 Å². The maximum Gasteiger partial charge on any atom is 0.234 e. The molecule has 40 heavy (non-hydrogen) atoms. The molecule has 3 heterocycles. The number of rotatable bonds is 6. The highest BCUT2D eigenvalue weighted by Crippen LogP contribution is 2.48. The number of halogens is 1. The van der Waals surface area contributed by atoms with E-state index in [1.807, 2.05) is 12.1 Å². The number of amides is 1. The van der Waals surface area contributed by atoms with Gasteiger partial charge < -0.3 is 20.5 Å². The van der Waals surface area contributed by atoms with Crippen LogP contribution in [-0.2, 0) is 9.59 Å². The number of allylic oxidation sites excluding steroid dienone is 3. The van der Waals surface area contributed by atoms with Crippen molar-refractivity contribution in [2.75, 3.05) is 22.8 Å². The van der Waals surface area contributed by atoms with E-state index in [1.165, 1.54) is 23.1 Å². The van der Waals surface area contributed by atoms with Gasteiger partial charge in [-0.05, 0) is 36.6 Å². The van der Waals surface area contributed by atoms with Crippen molar-refractivity contribution in [3.05, 3.63) is 75.7 Å². The predicted molar refractivity (Wildman–Crippen MR) is 151 cm³/mol. The number of Topliss-reactive ketones (excluding diaryl/α,β-unsaturated/α-hetero) is 1. The van der Waals surface area contributed by atoms with Gasteiger partial charge in [0, 0.05) is 34.5 Å². The molecular formula is C27H21ClN6O4S2. The van der Waals surface area contributed by atoms with Crippen LogP contribution in [-0.4, -0.2) is 34.4 Å². The molecule has 0 bridgehead atoms. The number of nitrogens with two attached hydrogens (primary N) is 1. The number of anilines is 2. The fourth-order valence-electron chi connectivity index (χ4n) is 4.97. The molecule has 6 rings (SSSR count). The number of ketones is 1. The first-order chi connectivity index (χ1) is 19.4. The molecule has 0 saturated heterocycles. The topological polar surface area (TPSA) is 143 Å². The van der Waals surface area contributed by atoms with E-state index in [9.17, 15) is 14.9 Å². The predicted octanol–water partition coefficient (Wildman–Crippen LogP) is 4.96. The number of nitrogens with one attached hydrogen (secondary N) is 1. The maximum absolute atomic E-state index is 13.3. The molecule has 3 N–H and O–H groups in total. The van der Waals surface area contributed by atoms with E-state index in [0.717, 1.165) is 0 Å². The number of hydrogen-bond acceptors (Lipinski definition) is 11. The van der Waals surface area contributed by atoms with E-state index in [-0.39, 0.29) is 35.6 Å². The zero-order valence-electron chi connectivity index (χ0n) is 20.8. The molecule has 0 fully saturated rings. The molecule has 10 nitrogen and oxygen atoms in total. The summed E-state index contributed by atoms with van der Waals surface area (Å²) < 4.78 is 11.2. The van der Waals surface area contributed by atoms with E-state index in [0.29, 0.717) is 67.8 Å². The van der Waals surface area contributed by atoms with Crippen LogP contribution in [0.15, 0.2) is 69.5 Å². The molecule has 0 radical (unpaired) electrons. The minimum atomic E-state index is -0.653. The fraction of sp³-hybridized carbons (Fsp3) is 0.222. The normalized spacial score (nSPS) is 18.1. The van der Waals surface area contributed by atoms with Gasteiger partial charge in [0.25, 0.3) is 0 Å². The van der Waals surface area contributed by atoms with Crippen molar-refractivity contribution < 1.29 is 19.1 Å². The minimum Gasteiger partial charge on any atom is -0.454 e. The van der Waals surface area contributed by atoms with Crippen molar-refractivity contribution >= 4 is 57.2 Å². The van der Waals surface area contributed by atoms with Gasteiger partial charge in [0.05, 0.1) is 23.3 Å². The zero-order chi connectivity index (χ0) is 27.8. The largest absolute Gasteiger partial charge is 0.454 e. The smallest absolute Gasteiger partial charge is 0.234 e. The number of hydrogen-bond donors (Lipinski definition) is 2. The van der Waals surface area contributed by atoms with Gasteiger partial charge in [-0.25, -0.2) is 0 Å². The Labute approximate surface area is 242 Å². The highest BCUT2D eigenvalue weighted by molar-refractivity contribution is 8.01. The van der Waals surface area contributed by atoms with Crippen molar-refractivity contribution in [1.82, 2.24) is 10.2 Å². The number of ether oxygens (including phenoxy) is 2. The molecular weight excluding hydrogens is 572 g/mol. The number of aromatic nitrogens is 2. The number of carbonyl (C=O) groups excluding carboxylic acids is 2. The van der Waals surface area contributed by atoms with Crippen molar-refractivity contribution in [3.8, 4) is 17.6 Å². The number of benzene rings is 2. The summed E-state index contributed by atoms with van der Waals surface area (Å²) in [6.07, 6.45) is 1.61. The van der Waals surface area contributed by atoms with Gasteiger partial charge in [-0.2, -0.15) is 5.26 Å². The van der Waals surface area contributed by atoms with Crippen molar-refractivity contribution in [2.45, 2.75) is 29.5 Å². The van der Waals surface area contributed by atoms with Gasteiger partial charge in [-0.3, -0.25) is 14.5 Å². The Morgan fingerprint density at radius 1 is 1.23 bits per heavy atom. The van der Waals surface area contributed by atoms with Crippen LogP contribution in [0, 0.1) is 11.3 Å². The van der Waals surface area contributed by atoms with E-state index < -0.39 is 5.92 Å². The lowest BCUT2D eigenvalue weighted by atomic mass is 9.76. The minimum absolute atomic E-state index is 0.0456. The first-order valence-corrected chi connectivity index (χ1v) is 14.5. The highest BCUT2D eigenvalue weighted by Gasteiger charge is 2.41. The molecule has 13 heteroatoms. The van der Waals surface area contributed by atoms with Crippen LogP contribution in [0.1, 0.15) is 30.7 Å². The van der Waals surface area contributed by atoms with Gasteiger partial charge in [-0.15, -0.1) is 10.2 Å². The number of carbonyl (C=O) groups is 2. The molecule has 1 aliphatic carbocycles. The second kappa shape index (κ2) is 10.8. The van der Waals surface area contributed by atoms with E-state index >= 15 is 0 Å². The second-order valence-electron chi connectivity index (χ2n) is 9.09. The lowest BCUT2D eigenvalue weighted by Gasteiger charge is -2.38.